The molecule has 0 aliphatic heterocycles. The SMILES string of the molecule is C=C(C)C(=O)OCCC[N+](C)(C)CCCCCCC(=O)[O-]. The molecule has 0 heterocycles. The standard InChI is InChI=1S/C16H29NO4/c1-14(2)16(20)21-13-9-12-17(3,4)11-8-6-5-7-10-15(18)19/h1,5-13H2,2-4H3. The van der Waals surface area contributed by atoms with E-state index in [1.165, 1.54) is 0 Å². The van der Waals surface area contributed by atoms with Crippen molar-refractivity contribution in [3.8, 4) is 0 Å². The smallest absolute Gasteiger partial charge is 0.333 e. The lowest BCUT2D eigenvalue weighted by Crippen LogP contribution is -2.41. The van der Waals surface area contributed by atoms with Gasteiger partial charge in [-0.2, -0.15) is 0 Å². The van der Waals surface area contributed by atoms with E-state index in [-0.39, 0.29) is 12.4 Å². The lowest BCUT2D eigenvalue weighted by atomic mass is 10.1. The van der Waals surface area contributed by atoms with Gasteiger partial charge in [0, 0.05) is 18.0 Å². The summed E-state index contributed by atoms with van der Waals surface area (Å²) < 4.78 is 5.95. The fourth-order valence-electron chi connectivity index (χ4n) is 2.06. The quantitative estimate of drug-likeness (QED) is 0.236. The number of ether oxygens (including phenoxy) is 1. The molecule has 0 saturated carbocycles. The average Bonchev–Trinajstić information content (AvgIpc) is 2.38. The number of hydrogen-bond acceptors (Lipinski definition) is 4. The van der Waals surface area contributed by atoms with E-state index in [9.17, 15) is 14.7 Å². The monoisotopic (exact) mass is 299 g/mol. The number of carbonyl (C=O) groups excluding carboxylic acids is 2. The largest absolute Gasteiger partial charge is 0.550 e. The molecule has 0 N–H and O–H groups in total. The fraction of sp³-hybridized carbons (Fsp3) is 0.750. The van der Waals surface area contributed by atoms with Crippen molar-refractivity contribution in [1.82, 2.24) is 0 Å². The van der Waals surface area contributed by atoms with E-state index in [0.29, 0.717) is 18.6 Å². The normalized spacial score (nSPS) is 11.2. The zero-order valence-corrected chi connectivity index (χ0v) is 13.7. The third-order valence-corrected chi connectivity index (χ3v) is 3.38. The van der Waals surface area contributed by atoms with Gasteiger partial charge in [-0.3, -0.25) is 0 Å². The van der Waals surface area contributed by atoms with Gasteiger partial charge in [0.2, 0.25) is 0 Å². The second-order valence-corrected chi connectivity index (χ2v) is 6.19. The van der Waals surface area contributed by atoms with Crippen LogP contribution in [-0.2, 0) is 14.3 Å². The molecule has 0 saturated heterocycles. The van der Waals surface area contributed by atoms with E-state index < -0.39 is 5.97 Å². The molecular weight excluding hydrogens is 270 g/mol. The molecule has 0 aromatic carbocycles. The highest BCUT2D eigenvalue weighted by Crippen LogP contribution is 2.08. The molecule has 0 aliphatic rings. The van der Waals surface area contributed by atoms with Gasteiger partial charge in [-0.15, -0.1) is 0 Å². The van der Waals surface area contributed by atoms with Crippen LogP contribution in [-0.4, -0.2) is 50.2 Å². The molecule has 0 atom stereocenters. The Morgan fingerprint density at radius 3 is 2.19 bits per heavy atom. The number of unbranched alkanes of at least 4 members (excludes halogenated alkanes) is 3. The van der Waals surface area contributed by atoms with Crippen LogP contribution in [0.25, 0.3) is 0 Å². The molecular formula is C16H29NO4. The number of carboxylic acid groups (broad SMARTS) is 1. The molecule has 0 fully saturated rings. The molecule has 21 heavy (non-hydrogen) atoms. The first-order valence-corrected chi connectivity index (χ1v) is 7.59. The maximum atomic E-state index is 11.2. The van der Waals surface area contributed by atoms with Crippen molar-refractivity contribution in [2.75, 3.05) is 33.8 Å². The van der Waals surface area contributed by atoms with Crippen LogP contribution in [0.1, 0.15) is 45.4 Å². The number of nitrogens with zero attached hydrogens (tertiary/aromatic N) is 1. The van der Waals surface area contributed by atoms with Gasteiger partial charge >= 0.3 is 5.97 Å². The number of carboxylic acids is 1. The van der Waals surface area contributed by atoms with Crippen LogP contribution < -0.4 is 5.11 Å². The molecule has 0 bridgehead atoms. The van der Waals surface area contributed by atoms with Crippen molar-refractivity contribution in [3.05, 3.63) is 12.2 Å². The van der Waals surface area contributed by atoms with Gasteiger partial charge in [0.15, 0.2) is 0 Å². The minimum absolute atomic E-state index is 0.159. The van der Waals surface area contributed by atoms with E-state index in [2.05, 4.69) is 20.7 Å². The van der Waals surface area contributed by atoms with E-state index in [1.807, 2.05) is 0 Å². The predicted molar refractivity (Wildman–Crippen MR) is 80.3 cm³/mol. The van der Waals surface area contributed by atoms with Crippen molar-refractivity contribution in [2.45, 2.75) is 45.4 Å². The number of hydrogen-bond donors (Lipinski definition) is 0. The fourth-order valence-corrected chi connectivity index (χ4v) is 2.06. The van der Waals surface area contributed by atoms with Crippen LogP contribution in [0.3, 0.4) is 0 Å². The van der Waals surface area contributed by atoms with Gasteiger partial charge in [-0.1, -0.05) is 13.0 Å². The number of carbonyl (C=O) groups is 2. The Morgan fingerprint density at radius 2 is 1.62 bits per heavy atom. The summed E-state index contributed by atoms with van der Waals surface area (Å²) in [5.74, 6) is -1.29. The summed E-state index contributed by atoms with van der Waals surface area (Å²) >= 11 is 0. The van der Waals surface area contributed by atoms with Gasteiger partial charge < -0.3 is 19.1 Å². The number of rotatable bonds is 12. The van der Waals surface area contributed by atoms with Crippen LogP contribution in [0.15, 0.2) is 12.2 Å². The molecule has 0 spiro atoms. The van der Waals surface area contributed by atoms with Crippen molar-refractivity contribution >= 4 is 11.9 Å². The maximum absolute atomic E-state index is 11.2. The summed E-state index contributed by atoms with van der Waals surface area (Å²) in [6, 6.07) is 0. The lowest BCUT2D eigenvalue weighted by Gasteiger charge is -2.29. The zero-order chi connectivity index (χ0) is 16.3. The van der Waals surface area contributed by atoms with Crippen molar-refractivity contribution in [2.24, 2.45) is 0 Å². The second kappa shape index (κ2) is 10.4. The molecule has 5 nitrogen and oxygen atoms in total. The Hall–Kier alpha value is -1.36. The number of quaternary nitrogens is 1. The predicted octanol–water partition coefficient (Wildman–Crippen LogP) is 1.27. The minimum atomic E-state index is -0.963. The lowest BCUT2D eigenvalue weighted by molar-refractivity contribution is -0.890. The third-order valence-electron chi connectivity index (χ3n) is 3.38. The van der Waals surface area contributed by atoms with Crippen molar-refractivity contribution in [3.63, 3.8) is 0 Å². The van der Waals surface area contributed by atoms with Gasteiger partial charge in [-0.25, -0.2) is 4.79 Å². The first-order valence-electron chi connectivity index (χ1n) is 7.59. The Balaban J connectivity index is 3.62. The van der Waals surface area contributed by atoms with Gasteiger partial charge in [-0.05, 0) is 32.6 Å². The molecule has 0 aromatic rings. The first-order chi connectivity index (χ1) is 9.74. The van der Waals surface area contributed by atoms with Gasteiger partial charge in [0.1, 0.15) is 0 Å². The molecule has 0 aromatic heterocycles. The summed E-state index contributed by atoms with van der Waals surface area (Å²) in [5, 5.41) is 10.3. The summed E-state index contributed by atoms with van der Waals surface area (Å²) in [5.41, 5.74) is 0.431. The molecule has 122 valence electrons. The highest BCUT2D eigenvalue weighted by molar-refractivity contribution is 5.86. The third kappa shape index (κ3) is 12.1. The second-order valence-electron chi connectivity index (χ2n) is 6.19. The van der Waals surface area contributed by atoms with Gasteiger partial charge in [0.25, 0.3) is 0 Å². The summed E-state index contributed by atoms with van der Waals surface area (Å²) in [6.45, 7) is 7.60. The van der Waals surface area contributed by atoms with Crippen LogP contribution in [0, 0.1) is 0 Å². The molecule has 0 aliphatic carbocycles. The molecule has 0 amide bonds. The Morgan fingerprint density at radius 1 is 1.05 bits per heavy atom. The molecule has 0 radical (unpaired) electrons. The summed E-state index contributed by atoms with van der Waals surface area (Å²) in [4.78, 5) is 21.5. The highest BCUT2D eigenvalue weighted by Gasteiger charge is 2.14. The summed E-state index contributed by atoms with van der Waals surface area (Å²) in [6.07, 6.45) is 4.74. The maximum Gasteiger partial charge on any atom is 0.333 e. The van der Waals surface area contributed by atoms with Crippen LogP contribution in [0.4, 0.5) is 0 Å². The van der Waals surface area contributed by atoms with Crippen molar-refractivity contribution in [1.29, 1.82) is 0 Å². The Kier molecular flexibility index (Phi) is 9.71. The topological polar surface area (TPSA) is 66.4 Å². The Labute approximate surface area is 128 Å². The van der Waals surface area contributed by atoms with Crippen molar-refractivity contribution < 1.29 is 23.9 Å². The molecule has 5 heteroatoms. The Bertz CT molecular complexity index is 350. The van der Waals surface area contributed by atoms with E-state index in [0.717, 1.165) is 43.3 Å². The van der Waals surface area contributed by atoms with Gasteiger partial charge in [0.05, 0.1) is 33.8 Å². The first kappa shape index (κ1) is 19.6. The van der Waals surface area contributed by atoms with E-state index in [1.54, 1.807) is 6.92 Å². The van der Waals surface area contributed by atoms with Crippen LogP contribution >= 0.6 is 0 Å². The summed E-state index contributed by atoms with van der Waals surface area (Å²) in [7, 11) is 4.31. The highest BCUT2D eigenvalue weighted by atomic mass is 16.5. The number of esters is 1. The van der Waals surface area contributed by atoms with E-state index in [4.69, 9.17) is 4.74 Å². The number of aliphatic carboxylic acids is 1. The minimum Gasteiger partial charge on any atom is -0.550 e. The van der Waals surface area contributed by atoms with Crippen LogP contribution in [0.2, 0.25) is 0 Å². The van der Waals surface area contributed by atoms with E-state index >= 15 is 0 Å². The molecule has 0 unspecified atom stereocenters. The van der Waals surface area contributed by atoms with Crippen LogP contribution in [0.5, 0.6) is 0 Å². The average molecular weight is 299 g/mol. The zero-order valence-electron chi connectivity index (χ0n) is 13.7. The molecule has 0 rings (SSSR count).